The Hall–Kier alpha value is -1.23. The summed E-state index contributed by atoms with van der Waals surface area (Å²) < 4.78 is 12.4. The molecule has 0 aliphatic heterocycles. The Morgan fingerprint density at radius 1 is 0.833 bits per heavy atom. The normalized spacial score (nSPS) is 10.8. The number of benzene rings is 2. The SMILES string of the molecule is Nc1cc(Cl)ccc1S(=O)c1ccc(Cl)cc1N. The van der Waals surface area contributed by atoms with Crippen LogP contribution in [0.15, 0.2) is 46.2 Å². The van der Waals surface area contributed by atoms with E-state index in [9.17, 15) is 4.21 Å². The zero-order valence-corrected chi connectivity index (χ0v) is 11.5. The van der Waals surface area contributed by atoms with E-state index >= 15 is 0 Å². The molecule has 6 heteroatoms. The third kappa shape index (κ3) is 2.61. The van der Waals surface area contributed by atoms with Crippen molar-refractivity contribution in [1.82, 2.24) is 0 Å². The lowest BCUT2D eigenvalue weighted by molar-refractivity contribution is 0.683. The summed E-state index contributed by atoms with van der Waals surface area (Å²) in [6.45, 7) is 0. The highest BCUT2D eigenvalue weighted by molar-refractivity contribution is 7.85. The minimum absolute atomic E-state index is 0.371. The predicted molar refractivity (Wildman–Crippen MR) is 76.4 cm³/mol. The van der Waals surface area contributed by atoms with E-state index in [1.807, 2.05) is 0 Å². The fourth-order valence-corrected chi connectivity index (χ4v) is 3.02. The van der Waals surface area contributed by atoms with E-state index in [4.69, 9.17) is 34.7 Å². The van der Waals surface area contributed by atoms with Crippen molar-refractivity contribution in [2.24, 2.45) is 0 Å². The second-order valence-electron chi connectivity index (χ2n) is 3.63. The molecule has 94 valence electrons. The molecule has 0 spiro atoms. The van der Waals surface area contributed by atoms with E-state index in [0.717, 1.165) is 0 Å². The predicted octanol–water partition coefficient (Wildman–Crippen LogP) is 3.32. The molecule has 0 atom stereocenters. The summed E-state index contributed by atoms with van der Waals surface area (Å²) in [5, 5.41) is 0.995. The summed E-state index contributed by atoms with van der Waals surface area (Å²) in [6.07, 6.45) is 0. The van der Waals surface area contributed by atoms with Gasteiger partial charge in [-0.3, -0.25) is 0 Å². The van der Waals surface area contributed by atoms with Gasteiger partial charge in [-0.2, -0.15) is 0 Å². The number of anilines is 2. The number of halogens is 2. The largest absolute Gasteiger partial charge is 0.398 e. The molecule has 2 aromatic carbocycles. The summed E-state index contributed by atoms with van der Waals surface area (Å²) in [4.78, 5) is 0.960. The van der Waals surface area contributed by atoms with Crippen molar-refractivity contribution < 1.29 is 4.21 Å². The van der Waals surface area contributed by atoms with E-state index in [1.165, 1.54) is 0 Å². The third-order valence-corrected chi connectivity index (χ3v) is 4.36. The Labute approximate surface area is 117 Å². The molecule has 0 heterocycles. The van der Waals surface area contributed by atoms with Crippen LogP contribution in [-0.2, 0) is 10.8 Å². The van der Waals surface area contributed by atoms with Gasteiger partial charge in [0.05, 0.1) is 20.6 Å². The highest BCUT2D eigenvalue weighted by Crippen LogP contribution is 2.29. The maximum absolute atomic E-state index is 12.4. The van der Waals surface area contributed by atoms with E-state index in [0.29, 0.717) is 31.2 Å². The van der Waals surface area contributed by atoms with Crippen LogP contribution in [0.25, 0.3) is 0 Å². The lowest BCUT2D eigenvalue weighted by Gasteiger charge is -2.08. The first-order valence-corrected chi connectivity index (χ1v) is 6.91. The molecule has 0 saturated heterocycles. The van der Waals surface area contributed by atoms with Crippen LogP contribution in [0.5, 0.6) is 0 Å². The quantitative estimate of drug-likeness (QED) is 0.836. The van der Waals surface area contributed by atoms with Gasteiger partial charge in [-0.05, 0) is 36.4 Å². The second kappa shape index (κ2) is 5.18. The van der Waals surface area contributed by atoms with E-state index in [1.54, 1.807) is 36.4 Å². The Kier molecular flexibility index (Phi) is 3.80. The molecule has 4 N–H and O–H groups in total. The van der Waals surface area contributed by atoms with Gasteiger partial charge >= 0.3 is 0 Å². The average molecular weight is 301 g/mol. The zero-order valence-electron chi connectivity index (χ0n) is 9.19. The molecular weight excluding hydrogens is 291 g/mol. The highest BCUT2D eigenvalue weighted by Gasteiger charge is 2.13. The smallest absolute Gasteiger partial charge is 0.0891 e. The molecule has 0 aliphatic carbocycles. The van der Waals surface area contributed by atoms with E-state index < -0.39 is 10.8 Å². The molecule has 0 unspecified atom stereocenters. The van der Waals surface area contributed by atoms with Crippen LogP contribution < -0.4 is 11.5 Å². The fraction of sp³-hybridized carbons (Fsp3) is 0. The number of nitrogen functional groups attached to an aromatic ring is 2. The van der Waals surface area contributed by atoms with Crippen LogP contribution in [0.4, 0.5) is 11.4 Å². The standard InChI is InChI=1S/C12H10Cl2N2OS/c13-7-1-3-11(9(15)5-7)18(17)12-4-2-8(14)6-10(12)16/h1-6H,15-16H2. The summed E-state index contributed by atoms with van der Waals surface area (Å²) >= 11 is 11.6. The molecule has 3 nitrogen and oxygen atoms in total. The van der Waals surface area contributed by atoms with Crippen LogP contribution in [0.3, 0.4) is 0 Å². The van der Waals surface area contributed by atoms with Crippen molar-refractivity contribution in [1.29, 1.82) is 0 Å². The molecule has 0 radical (unpaired) electrons. The van der Waals surface area contributed by atoms with Gasteiger partial charge in [0.15, 0.2) is 0 Å². The van der Waals surface area contributed by atoms with Crippen molar-refractivity contribution in [2.75, 3.05) is 11.5 Å². The van der Waals surface area contributed by atoms with Crippen LogP contribution in [0, 0.1) is 0 Å². The fourth-order valence-electron chi connectivity index (χ4n) is 1.49. The van der Waals surface area contributed by atoms with E-state index in [2.05, 4.69) is 0 Å². The Bertz CT molecular complexity index is 578. The van der Waals surface area contributed by atoms with Gasteiger partial charge in [-0.15, -0.1) is 0 Å². The number of hydrogen-bond donors (Lipinski definition) is 2. The van der Waals surface area contributed by atoms with Crippen LogP contribution >= 0.6 is 23.2 Å². The molecule has 0 saturated carbocycles. The zero-order chi connectivity index (χ0) is 13.3. The van der Waals surface area contributed by atoms with Crippen molar-refractivity contribution in [3.05, 3.63) is 46.4 Å². The third-order valence-electron chi connectivity index (χ3n) is 2.34. The highest BCUT2D eigenvalue weighted by atomic mass is 35.5. The van der Waals surface area contributed by atoms with Crippen molar-refractivity contribution in [3.8, 4) is 0 Å². The molecular formula is C12H10Cl2N2OS. The number of nitrogens with two attached hydrogens (primary N) is 2. The van der Waals surface area contributed by atoms with Gasteiger partial charge in [-0.25, -0.2) is 4.21 Å². The first-order valence-electron chi connectivity index (χ1n) is 5.01. The van der Waals surface area contributed by atoms with Crippen molar-refractivity contribution in [2.45, 2.75) is 9.79 Å². The molecule has 2 aromatic rings. The lowest BCUT2D eigenvalue weighted by atomic mass is 10.3. The molecule has 0 bridgehead atoms. The lowest BCUT2D eigenvalue weighted by Crippen LogP contribution is -2.01. The Balaban J connectivity index is 2.48. The molecule has 0 aromatic heterocycles. The maximum atomic E-state index is 12.4. The van der Waals surface area contributed by atoms with Gasteiger partial charge in [0.1, 0.15) is 0 Å². The average Bonchev–Trinajstić information content (AvgIpc) is 2.28. The monoisotopic (exact) mass is 300 g/mol. The summed E-state index contributed by atoms with van der Waals surface area (Å²) in [7, 11) is -1.45. The minimum atomic E-state index is -1.45. The summed E-state index contributed by atoms with van der Waals surface area (Å²) in [5.74, 6) is 0. The van der Waals surface area contributed by atoms with Crippen LogP contribution in [0.2, 0.25) is 10.0 Å². The van der Waals surface area contributed by atoms with Gasteiger partial charge < -0.3 is 11.5 Å². The van der Waals surface area contributed by atoms with Gasteiger partial charge in [0.2, 0.25) is 0 Å². The van der Waals surface area contributed by atoms with Gasteiger partial charge in [0.25, 0.3) is 0 Å². The Morgan fingerprint density at radius 2 is 1.22 bits per heavy atom. The summed E-state index contributed by atoms with van der Waals surface area (Å²) in [5.41, 5.74) is 12.3. The molecule has 0 aliphatic rings. The van der Waals surface area contributed by atoms with Crippen molar-refractivity contribution >= 4 is 45.4 Å². The number of rotatable bonds is 2. The van der Waals surface area contributed by atoms with Gasteiger partial charge in [-0.1, -0.05) is 23.2 Å². The molecule has 0 amide bonds. The van der Waals surface area contributed by atoms with Crippen molar-refractivity contribution in [3.63, 3.8) is 0 Å². The first kappa shape index (κ1) is 13.2. The first-order chi connectivity index (χ1) is 8.49. The van der Waals surface area contributed by atoms with E-state index in [-0.39, 0.29) is 0 Å². The maximum Gasteiger partial charge on any atom is 0.0891 e. The summed E-state index contributed by atoms with van der Waals surface area (Å²) in [6, 6.07) is 9.64. The van der Waals surface area contributed by atoms with Gasteiger partial charge in [0, 0.05) is 21.4 Å². The van der Waals surface area contributed by atoms with Crippen LogP contribution in [0.1, 0.15) is 0 Å². The Morgan fingerprint density at radius 3 is 1.56 bits per heavy atom. The molecule has 0 fully saturated rings. The molecule has 2 rings (SSSR count). The topological polar surface area (TPSA) is 69.1 Å². The van der Waals surface area contributed by atoms with Crippen LogP contribution in [-0.4, -0.2) is 4.21 Å². The molecule has 18 heavy (non-hydrogen) atoms. The number of hydrogen-bond acceptors (Lipinski definition) is 3. The second-order valence-corrected chi connectivity index (χ2v) is 5.92. The minimum Gasteiger partial charge on any atom is -0.398 e.